The molecule has 2 atom stereocenters. The second-order valence-electron chi connectivity index (χ2n) is 6.00. The number of aryl methyl sites for hydroxylation is 1. The van der Waals surface area contributed by atoms with Crippen molar-refractivity contribution in [3.05, 3.63) is 52.9 Å². The zero-order chi connectivity index (χ0) is 18.1. The van der Waals surface area contributed by atoms with E-state index in [0.717, 1.165) is 12.1 Å². The summed E-state index contributed by atoms with van der Waals surface area (Å²) in [7, 11) is 1.65. The number of halogens is 2. The van der Waals surface area contributed by atoms with Crippen LogP contribution in [-0.2, 0) is 0 Å². The molecule has 1 aromatic heterocycles. The van der Waals surface area contributed by atoms with Crippen LogP contribution in [0.4, 0.5) is 14.7 Å². The van der Waals surface area contributed by atoms with Gasteiger partial charge in [-0.25, -0.2) is 18.7 Å². The van der Waals surface area contributed by atoms with Crippen LogP contribution < -0.4 is 5.32 Å². The normalized spacial score (nSPS) is 20.0. The van der Waals surface area contributed by atoms with Crippen molar-refractivity contribution in [2.24, 2.45) is 0 Å². The highest BCUT2D eigenvalue weighted by Gasteiger charge is 2.36. The van der Waals surface area contributed by atoms with Gasteiger partial charge in [-0.15, -0.1) is 0 Å². The maximum absolute atomic E-state index is 13.6. The number of aliphatic hydroxyl groups is 1. The zero-order valence-electron chi connectivity index (χ0n) is 13.8. The molecule has 25 heavy (non-hydrogen) atoms. The molecule has 132 valence electrons. The number of nitrogens with zero attached hydrogens (tertiary/aromatic N) is 3. The number of aliphatic hydroxyl groups excluding tert-OH is 1. The molecule has 1 fully saturated rings. The lowest BCUT2D eigenvalue weighted by Crippen LogP contribution is -2.32. The molecule has 2 heterocycles. The van der Waals surface area contributed by atoms with Crippen molar-refractivity contribution in [2.45, 2.75) is 25.5 Å². The second kappa shape index (κ2) is 6.72. The van der Waals surface area contributed by atoms with Crippen molar-refractivity contribution in [1.29, 1.82) is 0 Å². The molecule has 0 unspecified atom stereocenters. The molecule has 6 nitrogen and oxygen atoms in total. The van der Waals surface area contributed by atoms with Crippen molar-refractivity contribution in [3.8, 4) is 0 Å². The van der Waals surface area contributed by atoms with Crippen LogP contribution in [0.1, 0.15) is 34.2 Å². The highest BCUT2D eigenvalue weighted by Crippen LogP contribution is 2.34. The number of carbonyl (C=O) groups excluding carboxylic acids is 1. The van der Waals surface area contributed by atoms with Gasteiger partial charge in [0.25, 0.3) is 5.91 Å². The Morgan fingerprint density at radius 2 is 2.04 bits per heavy atom. The fraction of sp³-hybridized carbons (Fsp3) is 0.353. The highest BCUT2D eigenvalue weighted by molar-refractivity contribution is 5.93. The van der Waals surface area contributed by atoms with Crippen molar-refractivity contribution in [1.82, 2.24) is 14.9 Å². The van der Waals surface area contributed by atoms with Crippen LogP contribution in [0.2, 0.25) is 0 Å². The van der Waals surface area contributed by atoms with Crippen LogP contribution in [-0.4, -0.2) is 45.6 Å². The molecule has 0 spiro atoms. The minimum absolute atomic E-state index is 0.0977. The standard InChI is InChI=1S/C17H18F2N4O2/c1-9-5-14(22-17(20-2)21-9)16(25)23-8-11(24)7-15(23)10-3-4-12(18)13(19)6-10/h3-6,11,15,24H,7-8H2,1-2H3,(H,20,21,22)/t11-,15+/m0/s1. The van der Waals surface area contributed by atoms with Gasteiger partial charge in [-0.1, -0.05) is 6.07 Å². The summed E-state index contributed by atoms with van der Waals surface area (Å²) in [6.45, 7) is 1.84. The Bertz CT molecular complexity index is 815. The number of rotatable bonds is 3. The Labute approximate surface area is 143 Å². The van der Waals surface area contributed by atoms with Crippen LogP contribution in [0.25, 0.3) is 0 Å². The molecule has 1 aliphatic rings. The Balaban J connectivity index is 1.94. The third-order valence-electron chi connectivity index (χ3n) is 4.17. The quantitative estimate of drug-likeness (QED) is 0.888. The largest absolute Gasteiger partial charge is 0.391 e. The van der Waals surface area contributed by atoms with Crippen molar-refractivity contribution in [3.63, 3.8) is 0 Å². The number of aromatic nitrogens is 2. The first kappa shape index (κ1) is 17.2. The van der Waals surface area contributed by atoms with E-state index >= 15 is 0 Å². The first-order chi connectivity index (χ1) is 11.9. The molecule has 1 amide bonds. The first-order valence-electron chi connectivity index (χ1n) is 7.86. The minimum Gasteiger partial charge on any atom is -0.391 e. The third kappa shape index (κ3) is 3.43. The summed E-state index contributed by atoms with van der Waals surface area (Å²) in [4.78, 5) is 22.6. The summed E-state index contributed by atoms with van der Waals surface area (Å²) < 4.78 is 26.7. The second-order valence-corrected chi connectivity index (χ2v) is 6.00. The summed E-state index contributed by atoms with van der Waals surface area (Å²) in [6.07, 6.45) is -0.492. The number of hydrogen-bond donors (Lipinski definition) is 2. The Hall–Kier alpha value is -2.61. The van der Waals surface area contributed by atoms with E-state index in [1.165, 1.54) is 11.0 Å². The van der Waals surface area contributed by atoms with E-state index in [4.69, 9.17) is 0 Å². The average molecular weight is 348 g/mol. The maximum atomic E-state index is 13.6. The molecule has 0 aliphatic carbocycles. The Morgan fingerprint density at radius 3 is 2.72 bits per heavy atom. The summed E-state index contributed by atoms with van der Waals surface area (Å²) in [5.74, 6) is -2.02. The number of nitrogens with one attached hydrogen (secondary N) is 1. The van der Waals surface area contributed by atoms with Crippen LogP contribution >= 0.6 is 0 Å². The van der Waals surface area contributed by atoms with Crippen LogP contribution in [0.3, 0.4) is 0 Å². The topological polar surface area (TPSA) is 78.4 Å². The van der Waals surface area contributed by atoms with Gasteiger partial charge in [0.15, 0.2) is 11.6 Å². The molecule has 0 saturated carbocycles. The van der Waals surface area contributed by atoms with Crippen LogP contribution in [0.5, 0.6) is 0 Å². The molecule has 1 aliphatic heterocycles. The molecule has 1 saturated heterocycles. The molecule has 0 bridgehead atoms. The van der Waals surface area contributed by atoms with Crippen LogP contribution in [0, 0.1) is 18.6 Å². The van der Waals surface area contributed by atoms with Crippen molar-refractivity contribution < 1.29 is 18.7 Å². The number of benzene rings is 1. The maximum Gasteiger partial charge on any atom is 0.273 e. The Morgan fingerprint density at radius 1 is 1.28 bits per heavy atom. The number of likely N-dealkylation sites (tertiary alicyclic amines) is 1. The van der Waals surface area contributed by atoms with Crippen molar-refractivity contribution in [2.75, 3.05) is 18.9 Å². The third-order valence-corrected chi connectivity index (χ3v) is 4.17. The van der Waals surface area contributed by atoms with Gasteiger partial charge < -0.3 is 15.3 Å². The van der Waals surface area contributed by atoms with Gasteiger partial charge in [-0.05, 0) is 37.1 Å². The monoisotopic (exact) mass is 348 g/mol. The fourth-order valence-corrected chi connectivity index (χ4v) is 3.01. The Kier molecular flexibility index (Phi) is 4.63. The summed E-state index contributed by atoms with van der Waals surface area (Å²) in [6, 6.07) is 4.50. The molecular weight excluding hydrogens is 330 g/mol. The molecule has 8 heteroatoms. The highest BCUT2D eigenvalue weighted by atomic mass is 19.2. The van der Waals surface area contributed by atoms with E-state index in [-0.39, 0.29) is 18.7 Å². The number of amides is 1. The number of hydrogen-bond acceptors (Lipinski definition) is 5. The lowest BCUT2D eigenvalue weighted by molar-refractivity contribution is 0.0709. The molecule has 2 aromatic rings. The fourth-order valence-electron chi connectivity index (χ4n) is 3.01. The van der Waals surface area contributed by atoms with Gasteiger partial charge in [0.1, 0.15) is 5.69 Å². The first-order valence-corrected chi connectivity index (χ1v) is 7.86. The predicted molar refractivity (Wildman–Crippen MR) is 87.1 cm³/mol. The molecular formula is C17H18F2N4O2. The number of anilines is 1. The average Bonchev–Trinajstić information content (AvgIpc) is 2.97. The van der Waals surface area contributed by atoms with Gasteiger partial charge >= 0.3 is 0 Å². The smallest absolute Gasteiger partial charge is 0.273 e. The molecule has 1 aromatic carbocycles. The van der Waals surface area contributed by atoms with Gasteiger partial charge in [-0.3, -0.25) is 4.79 Å². The molecule has 2 N–H and O–H groups in total. The lowest BCUT2D eigenvalue weighted by Gasteiger charge is -2.24. The number of β-amino-alcohol motifs (C(OH)–C–C–N with tert-alkyl or cyclic N) is 1. The predicted octanol–water partition coefficient (Wildman–Crippen LogP) is 2.05. The summed E-state index contributed by atoms with van der Waals surface area (Å²) in [5, 5.41) is 12.8. The van der Waals surface area contributed by atoms with Gasteiger partial charge in [0.2, 0.25) is 5.95 Å². The van der Waals surface area contributed by atoms with E-state index in [1.54, 1.807) is 20.0 Å². The van der Waals surface area contributed by atoms with Gasteiger partial charge in [-0.2, -0.15) is 0 Å². The van der Waals surface area contributed by atoms with E-state index in [2.05, 4.69) is 15.3 Å². The lowest BCUT2D eigenvalue weighted by atomic mass is 10.0. The van der Waals surface area contributed by atoms with E-state index in [0.29, 0.717) is 17.2 Å². The van der Waals surface area contributed by atoms with Crippen molar-refractivity contribution >= 4 is 11.9 Å². The molecule has 0 radical (unpaired) electrons. The van der Waals surface area contributed by atoms with Crippen LogP contribution in [0.15, 0.2) is 24.3 Å². The molecule has 3 rings (SSSR count). The zero-order valence-corrected chi connectivity index (χ0v) is 13.8. The minimum atomic E-state index is -0.985. The summed E-state index contributed by atoms with van der Waals surface area (Å²) >= 11 is 0. The van der Waals surface area contributed by atoms with E-state index in [1.807, 2.05) is 0 Å². The van der Waals surface area contributed by atoms with Gasteiger partial charge in [0.05, 0.1) is 12.1 Å². The summed E-state index contributed by atoms with van der Waals surface area (Å²) in [5.41, 5.74) is 1.23. The van der Waals surface area contributed by atoms with Gasteiger partial charge in [0, 0.05) is 19.3 Å². The SMILES string of the molecule is CNc1nc(C)cc(C(=O)N2C[C@@H](O)C[C@@H]2c2ccc(F)c(F)c2)n1. The van der Waals surface area contributed by atoms with E-state index in [9.17, 15) is 18.7 Å². The number of carbonyl (C=O) groups is 1. The van der Waals surface area contributed by atoms with E-state index < -0.39 is 29.7 Å².